The van der Waals surface area contributed by atoms with Crippen molar-refractivity contribution in [3.63, 3.8) is 0 Å². The highest BCUT2D eigenvalue weighted by Gasteiger charge is 2.31. The van der Waals surface area contributed by atoms with Crippen LogP contribution in [0.15, 0.2) is 54.9 Å². The molecule has 5 nitrogen and oxygen atoms in total. The molecule has 2 heterocycles. The Hall–Kier alpha value is -2.24. The fraction of sp³-hybridized carbons (Fsp3) is 0.400. The Morgan fingerprint density at radius 3 is 2.84 bits per heavy atom. The van der Waals surface area contributed by atoms with E-state index in [9.17, 15) is 9.90 Å². The lowest BCUT2D eigenvalue weighted by Gasteiger charge is -2.23. The molecule has 3 rings (SSSR count). The van der Waals surface area contributed by atoms with E-state index < -0.39 is 6.10 Å². The lowest BCUT2D eigenvalue weighted by Crippen LogP contribution is -2.34. The Morgan fingerprint density at radius 1 is 1.32 bits per heavy atom. The van der Waals surface area contributed by atoms with Crippen LogP contribution in [0.2, 0.25) is 0 Å². The van der Waals surface area contributed by atoms with Gasteiger partial charge in [0.05, 0.1) is 0 Å². The van der Waals surface area contributed by atoms with Crippen molar-refractivity contribution in [1.82, 2.24) is 14.8 Å². The van der Waals surface area contributed by atoms with E-state index in [1.807, 2.05) is 30.5 Å². The minimum atomic E-state index is -1.06. The van der Waals surface area contributed by atoms with Crippen LogP contribution in [0.1, 0.15) is 23.7 Å². The minimum absolute atomic E-state index is 0.191. The van der Waals surface area contributed by atoms with Gasteiger partial charge in [-0.2, -0.15) is 0 Å². The molecule has 1 aromatic carbocycles. The summed E-state index contributed by atoms with van der Waals surface area (Å²) in [5.74, 6) is 0.247. The van der Waals surface area contributed by atoms with E-state index in [0.717, 1.165) is 19.5 Å². The molecule has 1 saturated heterocycles. The smallest absolute Gasteiger partial charge is 0.256 e. The zero-order valence-electron chi connectivity index (χ0n) is 14.6. The van der Waals surface area contributed by atoms with Crippen molar-refractivity contribution < 1.29 is 9.90 Å². The van der Waals surface area contributed by atoms with Gasteiger partial charge in [-0.3, -0.25) is 9.78 Å². The predicted octanol–water partition coefficient (Wildman–Crippen LogP) is 2.10. The Kier molecular flexibility index (Phi) is 5.79. The van der Waals surface area contributed by atoms with Gasteiger partial charge in [0.15, 0.2) is 6.10 Å². The lowest BCUT2D eigenvalue weighted by molar-refractivity contribution is -0.139. The molecular weight excluding hydrogens is 314 g/mol. The van der Waals surface area contributed by atoms with Crippen LogP contribution in [0.4, 0.5) is 0 Å². The van der Waals surface area contributed by atoms with Gasteiger partial charge in [-0.25, -0.2) is 0 Å². The highest BCUT2D eigenvalue weighted by Crippen LogP contribution is 2.22. The van der Waals surface area contributed by atoms with Crippen LogP contribution in [0.3, 0.4) is 0 Å². The number of aliphatic hydroxyl groups excluding tert-OH is 1. The molecule has 0 unspecified atom stereocenters. The van der Waals surface area contributed by atoms with E-state index in [1.165, 1.54) is 5.56 Å². The first-order chi connectivity index (χ1) is 12.1. The summed E-state index contributed by atoms with van der Waals surface area (Å²) in [4.78, 5) is 20.7. The topological polar surface area (TPSA) is 56.7 Å². The summed E-state index contributed by atoms with van der Waals surface area (Å²) in [7, 11) is 2.09. The average molecular weight is 339 g/mol. The van der Waals surface area contributed by atoms with Crippen molar-refractivity contribution >= 4 is 5.91 Å². The maximum atomic E-state index is 12.5. The molecule has 1 aliphatic rings. The normalized spacial score (nSPS) is 18.5. The van der Waals surface area contributed by atoms with E-state index in [0.29, 0.717) is 24.6 Å². The van der Waals surface area contributed by atoms with Crippen molar-refractivity contribution in [1.29, 1.82) is 0 Å². The molecule has 5 heteroatoms. The van der Waals surface area contributed by atoms with Crippen LogP contribution in [-0.4, -0.2) is 52.5 Å². The number of aromatic nitrogens is 1. The third kappa shape index (κ3) is 4.65. The first-order valence-corrected chi connectivity index (χ1v) is 8.72. The molecule has 1 amide bonds. The van der Waals surface area contributed by atoms with Crippen molar-refractivity contribution in [3.8, 4) is 0 Å². The lowest BCUT2D eigenvalue weighted by atomic mass is 10.1. The first kappa shape index (κ1) is 17.6. The Labute approximate surface area is 148 Å². The van der Waals surface area contributed by atoms with Gasteiger partial charge in [-0.1, -0.05) is 36.4 Å². The molecule has 0 spiro atoms. The SMILES string of the molecule is CN(Cc1cccnc1)C[C@@H]1CCN(C(=O)[C@@H](O)c2ccccc2)C1. The quantitative estimate of drug-likeness (QED) is 0.876. The molecule has 2 atom stereocenters. The van der Waals surface area contributed by atoms with Gasteiger partial charge >= 0.3 is 0 Å². The maximum absolute atomic E-state index is 12.5. The van der Waals surface area contributed by atoms with E-state index in [4.69, 9.17) is 0 Å². The number of rotatable bonds is 6. The Bertz CT molecular complexity index is 678. The van der Waals surface area contributed by atoms with Crippen molar-refractivity contribution in [2.24, 2.45) is 5.92 Å². The summed E-state index contributed by atoms with van der Waals surface area (Å²) in [6, 6.07) is 13.2. The standard InChI is InChI=1S/C20H25N3O2/c1-22(13-16-6-5-10-21-12-16)14-17-9-11-23(15-17)20(25)19(24)18-7-3-2-4-8-18/h2-8,10,12,17,19,24H,9,11,13-15H2,1H3/t17-,19-/m0/s1. The van der Waals surface area contributed by atoms with Gasteiger partial charge < -0.3 is 14.9 Å². The number of amides is 1. The number of carbonyl (C=O) groups is 1. The summed E-state index contributed by atoms with van der Waals surface area (Å²) in [6.07, 6.45) is 3.58. The third-order valence-electron chi connectivity index (χ3n) is 4.69. The van der Waals surface area contributed by atoms with Crippen molar-refractivity contribution in [2.45, 2.75) is 19.1 Å². The molecule has 2 aromatic rings. The molecule has 1 fully saturated rings. The minimum Gasteiger partial charge on any atom is -0.378 e. The van der Waals surface area contributed by atoms with Gasteiger partial charge in [0, 0.05) is 38.6 Å². The van der Waals surface area contributed by atoms with Crippen molar-refractivity contribution in [3.05, 3.63) is 66.0 Å². The molecule has 0 aliphatic carbocycles. The summed E-state index contributed by atoms with van der Waals surface area (Å²) in [5, 5.41) is 10.3. The number of hydrogen-bond donors (Lipinski definition) is 1. The largest absolute Gasteiger partial charge is 0.378 e. The van der Waals surface area contributed by atoms with Crippen LogP contribution in [0.5, 0.6) is 0 Å². The summed E-state index contributed by atoms with van der Waals surface area (Å²) in [5.41, 5.74) is 1.85. The molecule has 1 aliphatic heterocycles. The van der Waals surface area contributed by atoms with Gasteiger partial charge in [-0.15, -0.1) is 0 Å². The fourth-order valence-electron chi connectivity index (χ4n) is 3.44. The van der Waals surface area contributed by atoms with Crippen LogP contribution in [0.25, 0.3) is 0 Å². The number of nitrogens with zero attached hydrogens (tertiary/aromatic N) is 3. The highest BCUT2D eigenvalue weighted by molar-refractivity contribution is 5.82. The Morgan fingerprint density at radius 2 is 2.12 bits per heavy atom. The zero-order chi connectivity index (χ0) is 17.6. The van der Waals surface area contributed by atoms with Crippen LogP contribution < -0.4 is 0 Å². The fourth-order valence-corrected chi connectivity index (χ4v) is 3.44. The van der Waals surface area contributed by atoms with E-state index >= 15 is 0 Å². The maximum Gasteiger partial charge on any atom is 0.256 e. The van der Waals surface area contributed by atoms with Crippen LogP contribution in [-0.2, 0) is 11.3 Å². The average Bonchev–Trinajstić information content (AvgIpc) is 3.10. The molecule has 0 saturated carbocycles. The number of aliphatic hydroxyl groups is 1. The van der Waals surface area contributed by atoms with E-state index in [-0.39, 0.29) is 5.91 Å². The summed E-state index contributed by atoms with van der Waals surface area (Å²) in [6.45, 7) is 3.21. The number of likely N-dealkylation sites (tertiary alicyclic amines) is 1. The van der Waals surface area contributed by atoms with E-state index in [1.54, 1.807) is 23.2 Å². The first-order valence-electron chi connectivity index (χ1n) is 8.72. The number of pyridine rings is 1. The second-order valence-electron chi connectivity index (χ2n) is 6.81. The summed E-state index contributed by atoms with van der Waals surface area (Å²) < 4.78 is 0. The number of benzene rings is 1. The van der Waals surface area contributed by atoms with E-state index in [2.05, 4.69) is 23.0 Å². The summed E-state index contributed by atoms with van der Waals surface area (Å²) >= 11 is 0. The van der Waals surface area contributed by atoms with Crippen LogP contribution >= 0.6 is 0 Å². The second-order valence-corrected chi connectivity index (χ2v) is 6.81. The second kappa shape index (κ2) is 8.23. The molecular formula is C20H25N3O2. The van der Waals surface area contributed by atoms with Gasteiger partial charge in [0.1, 0.15) is 0 Å². The molecule has 132 valence electrons. The number of carbonyl (C=O) groups excluding carboxylic acids is 1. The van der Waals surface area contributed by atoms with Crippen LogP contribution in [0, 0.1) is 5.92 Å². The molecule has 0 bridgehead atoms. The molecule has 1 aromatic heterocycles. The van der Waals surface area contributed by atoms with Gasteiger partial charge in [-0.05, 0) is 36.6 Å². The third-order valence-corrected chi connectivity index (χ3v) is 4.69. The molecule has 25 heavy (non-hydrogen) atoms. The Balaban J connectivity index is 1.50. The van der Waals surface area contributed by atoms with Crippen molar-refractivity contribution in [2.75, 3.05) is 26.7 Å². The monoisotopic (exact) mass is 339 g/mol. The molecule has 0 radical (unpaired) electrons. The van der Waals surface area contributed by atoms with Gasteiger partial charge in [0.2, 0.25) is 0 Å². The number of hydrogen-bond acceptors (Lipinski definition) is 4. The predicted molar refractivity (Wildman–Crippen MR) is 96.7 cm³/mol. The van der Waals surface area contributed by atoms with Gasteiger partial charge in [0.25, 0.3) is 5.91 Å². The zero-order valence-corrected chi connectivity index (χ0v) is 14.6. The highest BCUT2D eigenvalue weighted by atomic mass is 16.3. The molecule has 1 N–H and O–H groups in total.